The Balaban J connectivity index is 3.69. The van der Waals surface area contributed by atoms with Crippen molar-refractivity contribution in [1.29, 1.82) is 0 Å². The van der Waals surface area contributed by atoms with Crippen LogP contribution in [-0.2, 0) is 17.7 Å². The maximum atomic E-state index is 5.52. The molecule has 0 aromatic carbocycles. The van der Waals surface area contributed by atoms with E-state index in [0.29, 0.717) is 0 Å². The molecule has 0 amide bonds. The lowest BCUT2D eigenvalue weighted by Gasteiger charge is -2.23. The second-order valence-electron chi connectivity index (χ2n) is 6.68. The molecular weight excluding hydrogens is 312 g/mol. The van der Waals surface area contributed by atoms with Crippen LogP contribution in [0.5, 0.6) is 0 Å². The summed E-state index contributed by atoms with van der Waals surface area (Å²) in [5.74, 6) is 0.802. The second-order valence-corrected chi connectivity index (χ2v) is 13.8. The molecule has 0 aromatic heterocycles. The van der Waals surface area contributed by atoms with Crippen molar-refractivity contribution in [2.24, 2.45) is 5.92 Å². The van der Waals surface area contributed by atoms with E-state index in [1.54, 1.807) is 28.4 Å². The minimum absolute atomic E-state index is 0.802. The van der Waals surface area contributed by atoms with Crippen molar-refractivity contribution >= 4 is 17.1 Å². The molecule has 0 saturated heterocycles. The first-order chi connectivity index (χ1) is 10.3. The van der Waals surface area contributed by atoms with E-state index in [-0.39, 0.29) is 0 Å². The third-order valence-corrected chi connectivity index (χ3v) is 10.9. The van der Waals surface area contributed by atoms with Crippen molar-refractivity contribution in [3.8, 4) is 0 Å². The third-order valence-electron chi connectivity index (χ3n) is 4.88. The van der Waals surface area contributed by atoms with Crippen LogP contribution in [0.1, 0.15) is 45.4 Å². The summed E-state index contributed by atoms with van der Waals surface area (Å²) in [5, 5.41) is 0. The van der Waals surface area contributed by atoms with E-state index in [0.717, 1.165) is 18.0 Å². The minimum atomic E-state index is -1.85. The Morgan fingerprint density at radius 2 is 0.955 bits per heavy atom. The van der Waals surface area contributed by atoms with Crippen LogP contribution in [-0.4, -0.2) is 45.6 Å². The number of hydrogen-bond donors (Lipinski definition) is 0. The van der Waals surface area contributed by atoms with Gasteiger partial charge in [0.05, 0.1) is 0 Å². The van der Waals surface area contributed by atoms with E-state index in [9.17, 15) is 0 Å². The molecule has 0 unspecified atom stereocenters. The van der Waals surface area contributed by atoms with Crippen LogP contribution in [0.3, 0.4) is 0 Å². The fourth-order valence-corrected chi connectivity index (χ4v) is 5.53. The van der Waals surface area contributed by atoms with E-state index in [1.807, 2.05) is 0 Å². The van der Waals surface area contributed by atoms with Gasteiger partial charge in [-0.15, -0.1) is 0 Å². The Hall–Kier alpha value is 0.274. The minimum Gasteiger partial charge on any atom is -0.398 e. The fourth-order valence-electron chi connectivity index (χ4n) is 2.60. The lowest BCUT2D eigenvalue weighted by Crippen LogP contribution is -2.35. The second kappa shape index (κ2) is 11.8. The van der Waals surface area contributed by atoms with E-state index in [4.69, 9.17) is 17.7 Å². The Kier molecular flexibility index (Phi) is 11.9. The van der Waals surface area contributed by atoms with Gasteiger partial charge in [0.15, 0.2) is 0 Å². The summed E-state index contributed by atoms with van der Waals surface area (Å²) in [6, 6.07) is 2.19. The quantitative estimate of drug-likeness (QED) is 0.336. The average molecular weight is 351 g/mol. The molecule has 0 spiro atoms. The molecule has 22 heavy (non-hydrogen) atoms. The Morgan fingerprint density at radius 3 is 1.23 bits per heavy atom. The van der Waals surface area contributed by atoms with Crippen LogP contribution in [0.15, 0.2) is 0 Å². The topological polar surface area (TPSA) is 36.9 Å². The smallest absolute Gasteiger partial charge is 0.334 e. The summed E-state index contributed by atoms with van der Waals surface area (Å²) >= 11 is 0. The summed E-state index contributed by atoms with van der Waals surface area (Å²) in [6.45, 7) is 6.65. The van der Waals surface area contributed by atoms with E-state index in [2.05, 4.69) is 20.0 Å². The lowest BCUT2D eigenvalue weighted by molar-refractivity contribution is 0.247. The normalized spacial score (nSPS) is 13.1. The van der Waals surface area contributed by atoms with Crippen molar-refractivity contribution in [3.63, 3.8) is 0 Å². The van der Waals surface area contributed by atoms with Gasteiger partial charge in [0.2, 0.25) is 0 Å². The maximum absolute atomic E-state index is 5.52. The highest BCUT2D eigenvalue weighted by Crippen LogP contribution is 2.22. The zero-order chi connectivity index (χ0) is 17.1. The first kappa shape index (κ1) is 22.3. The van der Waals surface area contributed by atoms with Crippen LogP contribution in [0, 0.1) is 5.92 Å². The molecular formula is C16H38O4Si2. The zero-order valence-corrected chi connectivity index (χ0v) is 17.9. The number of hydrogen-bond acceptors (Lipinski definition) is 4. The fraction of sp³-hybridized carbons (Fsp3) is 1.00. The average Bonchev–Trinajstić information content (AvgIpc) is 2.55. The van der Waals surface area contributed by atoms with Crippen LogP contribution in [0.4, 0.5) is 0 Å². The molecule has 134 valence electrons. The highest BCUT2D eigenvalue weighted by Gasteiger charge is 2.28. The first-order valence-corrected chi connectivity index (χ1v) is 13.6. The van der Waals surface area contributed by atoms with Gasteiger partial charge in [-0.25, -0.2) is 0 Å². The summed E-state index contributed by atoms with van der Waals surface area (Å²) in [4.78, 5) is 0. The molecule has 0 radical (unpaired) electrons. The van der Waals surface area contributed by atoms with Crippen molar-refractivity contribution in [2.75, 3.05) is 28.4 Å². The summed E-state index contributed by atoms with van der Waals surface area (Å²) < 4.78 is 22.1. The summed E-state index contributed by atoms with van der Waals surface area (Å²) in [5.41, 5.74) is 0. The molecule has 0 bridgehead atoms. The van der Waals surface area contributed by atoms with Crippen LogP contribution in [0.25, 0.3) is 0 Å². The van der Waals surface area contributed by atoms with Gasteiger partial charge in [-0.3, -0.25) is 0 Å². The van der Waals surface area contributed by atoms with Gasteiger partial charge < -0.3 is 17.7 Å². The predicted molar refractivity (Wildman–Crippen MR) is 97.8 cm³/mol. The van der Waals surface area contributed by atoms with Crippen molar-refractivity contribution in [2.45, 2.75) is 70.6 Å². The lowest BCUT2D eigenvalue weighted by atomic mass is 9.98. The number of unbranched alkanes of at least 4 members (excludes halogenated alkanes) is 2. The molecule has 0 aliphatic carbocycles. The largest absolute Gasteiger partial charge is 0.398 e. The molecule has 0 aliphatic rings. The highest BCUT2D eigenvalue weighted by atomic mass is 28.4. The summed E-state index contributed by atoms with van der Waals surface area (Å²) in [7, 11) is 3.39. The maximum Gasteiger partial charge on any atom is 0.334 e. The molecule has 6 heteroatoms. The first-order valence-electron chi connectivity index (χ1n) is 8.55. The van der Waals surface area contributed by atoms with Gasteiger partial charge in [-0.2, -0.15) is 0 Å². The van der Waals surface area contributed by atoms with Crippen LogP contribution >= 0.6 is 0 Å². The Labute approximate surface area is 140 Å². The monoisotopic (exact) mass is 350 g/mol. The Bertz CT molecular complexity index is 243. The standard InChI is InChI=1S/C16H38O4Si2/c1-16(12-8-10-14-21(6,17-2)18-3)13-9-11-15-22(7,19-4)20-5/h16H,8-15H2,1-7H3. The third kappa shape index (κ3) is 9.42. The van der Waals surface area contributed by atoms with Gasteiger partial charge in [0, 0.05) is 28.4 Å². The molecule has 0 saturated carbocycles. The van der Waals surface area contributed by atoms with Gasteiger partial charge in [0.1, 0.15) is 0 Å². The van der Waals surface area contributed by atoms with Gasteiger partial charge in [0.25, 0.3) is 0 Å². The van der Waals surface area contributed by atoms with Crippen molar-refractivity contribution < 1.29 is 17.7 Å². The molecule has 0 N–H and O–H groups in total. The molecule has 0 aliphatic heterocycles. The van der Waals surface area contributed by atoms with E-state index in [1.165, 1.54) is 38.5 Å². The predicted octanol–water partition coefficient (Wildman–Crippen LogP) is 4.69. The Morgan fingerprint density at radius 1 is 0.636 bits per heavy atom. The molecule has 0 fully saturated rings. The SMILES string of the molecule is CO[Si](C)(CCCCC(C)CCCC[Si](C)(OC)OC)OC. The number of rotatable bonds is 14. The van der Waals surface area contributed by atoms with E-state index < -0.39 is 17.1 Å². The van der Waals surface area contributed by atoms with Gasteiger partial charge >= 0.3 is 17.1 Å². The molecule has 0 aromatic rings. The highest BCUT2D eigenvalue weighted by molar-refractivity contribution is 6.66. The van der Waals surface area contributed by atoms with Crippen molar-refractivity contribution in [3.05, 3.63) is 0 Å². The zero-order valence-electron chi connectivity index (χ0n) is 15.9. The van der Waals surface area contributed by atoms with E-state index >= 15 is 0 Å². The van der Waals surface area contributed by atoms with Crippen LogP contribution in [0.2, 0.25) is 25.2 Å². The van der Waals surface area contributed by atoms with Crippen LogP contribution < -0.4 is 0 Å². The summed E-state index contributed by atoms with van der Waals surface area (Å²) in [6.07, 6.45) is 7.60. The van der Waals surface area contributed by atoms with Gasteiger partial charge in [-0.1, -0.05) is 45.4 Å². The molecule has 0 heterocycles. The molecule has 0 rings (SSSR count). The van der Waals surface area contributed by atoms with Gasteiger partial charge in [-0.05, 0) is 31.1 Å². The van der Waals surface area contributed by atoms with Crippen molar-refractivity contribution in [1.82, 2.24) is 0 Å². The molecule has 0 atom stereocenters. The molecule has 4 nitrogen and oxygen atoms in total.